The van der Waals surface area contributed by atoms with Crippen molar-refractivity contribution in [3.05, 3.63) is 0 Å². The van der Waals surface area contributed by atoms with Gasteiger partial charge in [0.25, 0.3) is 0 Å². The highest BCUT2D eigenvalue weighted by atomic mass is 16.8. The summed E-state index contributed by atoms with van der Waals surface area (Å²) in [5.41, 5.74) is 0. The van der Waals surface area contributed by atoms with Gasteiger partial charge in [-0.25, -0.2) is 4.79 Å². The molecule has 0 aromatic carbocycles. The van der Waals surface area contributed by atoms with E-state index in [1.807, 2.05) is 5.32 Å². The second-order valence-electron chi connectivity index (χ2n) is 3.88. The Morgan fingerprint density at radius 3 is 2.76 bits per heavy atom. The summed E-state index contributed by atoms with van der Waals surface area (Å²) in [6.07, 6.45) is -6.08. The fourth-order valence-corrected chi connectivity index (χ4v) is 1.85. The van der Waals surface area contributed by atoms with E-state index in [0.29, 0.717) is 0 Å². The molecule has 2 aliphatic heterocycles. The number of rotatable bonds is 2. The van der Waals surface area contributed by atoms with Crippen molar-refractivity contribution in [1.82, 2.24) is 10.2 Å². The second kappa shape index (κ2) is 4.57. The maximum absolute atomic E-state index is 11.6. The Morgan fingerprint density at radius 2 is 2.18 bits per heavy atom. The predicted octanol–water partition coefficient (Wildman–Crippen LogP) is -2.63. The molecular formula is C9H14N2O6. The molecule has 3 amide bonds. The number of amides is 3. The predicted molar refractivity (Wildman–Crippen MR) is 52.6 cm³/mol. The van der Waals surface area contributed by atoms with Gasteiger partial charge in [0.2, 0.25) is 5.91 Å². The molecule has 5 atom stereocenters. The Balaban J connectivity index is 2.12. The fraction of sp³-hybridized carbons (Fsp3) is 0.778. The van der Waals surface area contributed by atoms with Crippen LogP contribution in [0.25, 0.3) is 0 Å². The first kappa shape index (κ1) is 10.9. The van der Waals surface area contributed by atoms with Gasteiger partial charge in [-0.05, 0) is 0 Å². The van der Waals surface area contributed by atoms with Crippen LogP contribution in [0.5, 0.6) is 0 Å². The Bertz CT molecular complexity index is 367. The lowest BCUT2D eigenvalue weighted by Crippen LogP contribution is -2.56. The van der Waals surface area contributed by atoms with Crippen molar-refractivity contribution in [2.75, 3.05) is 13.2 Å². The van der Waals surface area contributed by atoms with Crippen molar-refractivity contribution in [1.29, 1.82) is 0 Å². The molecule has 0 saturated carbocycles. The first-order valence-electron chi connectivity index (χ1n) is 5.69. The second-order valence-corrected chi connectivity index (χ2v) is 3.88. The van der Waals surface area contributed by atoms with Gasteiger partial charge in [-0.15, -0.1) is 0 Å². The molecule has 5 unspecified atom stereocenters. The van der Waals surface area contributed by atoms with Crippen LogP contribution in [0.2, 0.25) is 0 Å². The molecule has 2 heterocycles. The van der Waals surface area contributed by atoms with Crippen molar-refractivity contribution in [3.63, 3.8) is 0 Å². The van der Waals surface area contributed by atoms with E-state index in [4.69, 9.17) is 11.2 Å². The number of imide groups is 1. The Morgan fingerprint density at radius 1 is 1.47 bits per heavy atom. The maximum Gasteiger partial charge on any atom is 0.326 e. The van der Waals surface area contributed by atoms with Crippen molar-refractivity contribution in [2.24, 2.45) is 0 Å². The minimum atomic E-state index is -1.40. The summed E-state index contributed by atoms with van der Waals surface area (Å²) < 4.78 is 12.6. The van der Waals surface area contributed by atoms with Crippen molar-refractivity contribution < 1.29 is 31.0 Å². The molecule has 0 radical (unpaired) electrons. The molecule has 0 aromatic rings. The van der Waals surface area contributed by atoms with Gasteiger partial charge in [-0.1, -0.05) is 0 Å². The van der Waals surface area contributed by atoms with E-state index in [1.165, 1.54) is 0 Å². The van der Waals surface area contributed by atoms with Crippen LogP contribution in [0, 0.1) is 0 Å². The quantitative estimate of drug-likeness (QED) is 0.399. The minimum absolute atomic E-state index is 0.239. The highest BCUT2D eigenvalue weighted by Gasteiger charge is 2.47. The van der Waals surface area contributed by atoms with Crippen LogP contribution in [0.4, 0.5) is 4.79 Å². The van der Waals surface area contributed by atoms with Gasteiger partial charge >= 0.3 is 6.03 Å². The molecule has 2 aliphatic rings. The molecule has 0 aliphatic carbocycles. The van der Waals surface area contributed by atoms with Gasteiger partial charge in [-0.2, -0.15) is 0 Å². The number of aliphatic hydroxyl groups is 3. The van der Waals surface area contributed by atoms with Gasteiger partial charge in [0.05, 0.1) is 6.61 Å². The number of carbonyl (C=O) groups is 2. The van der Waals surface area contributed by atoms with Gasteiger partial charge in [0, 0.05) is 14.3 Å². The van der Waals surface area contributed by atoms with E-state index >= 15 is 0 Å². The molecule has 8 heteroatoms. The highest BCUT2D eigenvalue weighted by molar-refractivity contribution is 5.96. The zero-order chi connectivity index (χ0) is 13.4. The Kier molecular flexibility index (Phi) is 2.93. The molecule has 0 bridgehead atoms. The summed E-state index contributed by atoms with van der Waals surface area (Å²) in [6.45, 7) is -0.745. The molecule has 0 spiro atoms. The highest BCUT2D eigenvalue weighted by Crippen LogP contribution is 2.25. The summed E-state index contributed by atoms with van der Waals surface area (Å²) in [4.78, 5) is 23.6. The zero-order valence-corrected chi connectivity index (χ0v) is 8.81. The van der Waals surface area contributed by atoms with Gasteiger partial charge in [0.15, 0.2) is 6.23 Å². The number of nitrogens with zero attached hydrogens (tertiary/aromatic N) is 1. The summed E-state index contributed by atoms with van der Waals surface area (Å²) in [6, 6.07) is -0.793. The molecule has 2 rings (SSSR count). The van der Waals surface area contributed by atoms with E-state index in [1.54, 1.807) is 0 Å². The number of carbonyl (C=O) groups excluding carboxylic acids is 2. The molecule has 17 heavy (non-hydrogen) atoms. The number of aliphatic hydroxyl groups excluding tert-OH is 3. The van der Waals surface area contributed by atoms with Crippen molar-refractivity contribution in [3.8, 4) is 0 Å². The first-order chi connectivity index (χ1) is 8.45. The third-order valence-corrected chi connectivity index (χ3v) is 2.79. The lowest BCUT2D eigenvalue weighted by atomic mass is 10.3. The Labute approximate surface area is 98.2 Å². The molecule has 8 nitrogen and oxygen atoms in total. The molecule has 2 fully saturated rings. The Hall–Kier alpha value is -1.22. The number of urea groups is 1. The van der Waals surface area contributed by atoms with E-state index in [9.17, 15) is 19.8 Å². The van der Waals surface area contributed by atoms with Crippen LogP contribution < -0.4 is 5.32 Å². The van der Waals surface area contributed by atoms with E-state index in [2.05, 4.69) is 0 Å². The largest absolute Gasteiger partial charge is 0.394 e. The number of hydrogen-bond acceptors (Lipinski definition) is 6. The summed E-state index contributed by atoms with van der Waals surface area (Å²) in [7, 11) is 0. The van der Waals surface area contributed by atoms with Crippen LogP contribution in [0.3, 0.4) is 0 Å². The third-order valence-electron chi connectivity index (χ3n) is 2.79. The normalized spacial score (nSPS) is 43.6. The van der Waals surface area contributed by atoms with E-state index in [0.717, 1.165) is 4.90 Å². The smallest absolute Gasteiger partial charge is 0.326 e. The first-order valence-corrected chi connectivity index (χ1v) is 5.12. The van der Waals surface area contributed by atoms with Gasteiger partial charge < -0.3 is 20.1 Å². The van der Waals surface area contributed by atoms with Crippen molar-refractivity contribution in [2.45, 2.75) is 30.9 Å². The molecular weight excluding hydrogens is 237 g/mol. The third kappa shape index (κ3) is 2.12. The summed E-state index contributed by atoms with van der Waals surface area (Å²) in [5.74, 6) is -0.719. The summed E-state index contributed by atoms with van der Waals surface area (Å²) in [5, 5.41) is 30.2. The average molecular weight is 252 g/mol. The van der Waals surface area contributed by atoms with Crippen LogP contribution in [0.1, 0.15) is 7.77 Å². The topological polar surface area (TPSA) is 119 Å². The molecule has 0 aromatic heterocycles. The van der Waals surface area contributed by atoms with Crippen LogP contribution >= 0.6 is 0 Å². The standard InChI is InChI=1S/C9H14N2O6/c12-3-4-6(14)7(15)8(17-4)11-2-1-5(13)10-9(11)16/h4,6-8,12,14-15H,1-3H2,(H,10,13,16)/i1D,3+1,4+1,6+1,7+1,8+1. The number of hydrogen-bond donors (Lipinski definition) is 4. The fourth-order valence-electron chi connectivity index (χ4n) is 1.85. The average Bonchev–Trinajstić information content (AvgIpc) is 2.61. The monoisotopic (exact) mass is 252 g/mol. The van der Waals surface area contributed by atoms with E-state index < -0.39 is 49.5 Å². The number of ether oxygens (including phenoxy) is 1. The molecule has 4 N–H and O–H groups in total. The molecule has 2 saturated heterocycles. The van der Waals surface area contributed by atoms with E-state index in [-0.39, 0.29) is 6.54 Å². The van der Waals surface area contributed by atoms with Gasteiger partial charge in [-0.3, -0.25) is 15.0 Å². The lowest BCUT2D eigenvalue weighted by molar-refractivity contribution is -0.125. The zero-order valence-electron chi connectivity index (χ0n) is 9.81. The van der Waals surface area contributed by atoms with Crippen molar-refractivity contribution >= 4 is 11.9 Å². The molecule has 96 valence electrons. The maximum atomic E-state index is 11.6. The summed E-state index contributed by atoms with van der Waals surface area (Å²) >= 11 is 0. The van der Waals surface area contributed by atoms with Crippen LogP contribution in [-0.2, 0) is 9.53 Å². The van der Waals surface area contributed by atoms with Crippen LogP contribution in [0.15, 0.2) is 0 Å². The number of nitrogens with one attached hydrogen (secondary N) is 1. The minimum Gasteiger partial charge on any atom is -0.394 e. The van der Waals surface area contributed by atoms with Gasteiger partial charge in [0.1, 0.15) is 18.3 Å². The lowest BCUT2D eigenvalue weighted by Gasteiger charge is -2.32. The SMILES string of the molecule is [2H]C1CN([13CH]2O[13CH]([13CH2]O)[13CH](O)[13CH]2O)C(=O)NC1=O. The van der Waals surface area contributed by atoms with Crippen LogP contribution in [-0.4, -0.2) is 69.8 Å².